The second-order valence-corrected chi connectivity index (χ2v) is 6.76. The molecule has 0 atom stereocenters. The van der Waals surface area contributed by atoms with Crippen LogP contribution in [0.2, 0.25) is 0 Å². The highest BCUT2D eigenvalue weighted by Crippen LogP contribution is 2.08. The zero-order valence-electron chi connectivity index (χ0n) is 13.1. The van der Waals surface area contributed by atoms with Crippen LogP contribution in [0.4, 0.5) is 0 Å². The first-order valence-electron chi connectivity index (χ1n) is 7.93. The van der Waals surface area contributed by atoms with Gasteiger partial charge in [0, 0.05) is 43.8 Å². The smallest absolute Gasteiger partial charge is 0.234 e. The van der Waals surface area contributed by atoms with Crippen molar-refractivity contribution in [2.75, 3.05) is 32.7 Å². The molecule has 5 nitrogen and oxygen atoms in total. The SMILES string of the molecule is O=C(CN1CCN(Cc2ccccn2)CC1)NCc1cccs1. The molecule has 2 aromatic rings. The fraction of sp³-hybridized carbons (Fsp3) is 0.412. The van der Waals surface area contributed by atoms with Gasteiger partial charge in [0.05, 0.1) is 18.8 Å². The molecule has 1 N–H and O–H groups in total. The Morgan fingerprint density at radius 1 is 1.13 bits per heavy atom. The normalized spacial score (nSPS) is 16.3. The molecule has 2 aromatic heterocycles. The van der Waals surface area contributed by atoms with Crippen LogP contribution in [0.15, 0.2) is 41.9 Å². The van der Waals surface area contributed by atoms with Crippen molar-refractivity contribution in [3.63, 3.8) is 0 Å². The lowest BCUT2D eigenvalue weighted by Gasteiger charge is -2.34. The van der Waals surface area contributed by atoms with Gasteiger partial charge in [-0.05, 0) is 23.6 Å². The number of nitrogens with one attached hydrogen (secondary N) is 1. The lowest BCUT2D eigenvalue weighted by atomic mass is 10.2. The van der Waals surface area contributed by atoms with Crippen molar-refractivity contribution in [2.24, 2.45) is 0 Å². The average molecular weight is 330 g/mol. The lowest BCUT2D eigenvalue weighted by molar-refractivity contribution is -0.122. The third-order valence-electron chi connectivity index (χ3n) is 3.98. The number of carbonyl (C=O) groups excluding carboxylic acids is 1. The fourth-order valence-corrected chi connectivity index (χ4v) is 3.33. The maximum atomic E-state index is 12.0. The van der Waals surface area contributed by atoms with E-state index < -0.39 is 0 Å². The number of amides is 1. The maximum Gasteiger partial charge on any atom is 0.234 e. The molecule has 23 heavy (non-hydrogen) atoms. The molecule has 3 rings (SSSR count). The van der Waals surface area contributed by atoms with Crippen LogP contribution in [0.3, 0.4) is 0 Å². The molecule has 0 radical (unpaired) electrons. The summed E-state index contributed by atoms with van der Waals surface area (Å²) in [6.45, 7) is 5.83. The van der Waals surface area contributed by atoms with Crippen molar-refractivity contribution in [3.8, 4) is 0 Å². The summed E-state index contributed by atoms with van der Waals surface area (Å²) in [6.07, 6.45) is 1.84. The maximum absolute atomic E-state index is 12.0. The Morgan fingerprint density at radius 2 is 1.96 bits per heavy atom. The summed E-state index contributed by atoms with van der Waals surface area (Å²) in [4.78, 5) is 22.2. The molecule has 1 amide bonds. The predicted molar refractivity (Wildman–Crippen MR) is 92.1 cm³/mol. The van der Waals surface area contributed by atoms with Gasteiger partial charge < -0.3 is 5.32 Å². The van der Waals surface area contributed by atoms with E-state index >= 15 is 0 Å². The number of rotatable bonds is 6. The minimum absolute atomic E-state index is 0.108. The van der Waals surface area contributed by atoms with Crippen LogP contribution in [-0.4, -0.2) is 53.4 Å². The van der Waals surface area contributed by atoms with E-state index in [1.54, 1.807) is 11.3 Å². The first-order valence-corrected chi connectivity index (χ1v) is 8.81. The first kappa shape index (κ1) is 16.1. The average Bonchev–Trinajstić information content (AvgIpc) is 3.09. The van der Waals surface area contributed by atoms with E-state index in [4.69, 9.17) is 0 Å². The molecule has 6 heteroatoms. The van der Waals surface area contributed by atoms with Crippen LogP contribution < -0.4 is 5.32 Å². The van der Waals surface area contributed by atoms with E-state index in [-0.39, 0.29) is 5.91 Å². The van der Waals surface area contributed by atoms with Gasteiger partial charge in [-0.1, -0.05) is 12.1 Å². The Morgan fingerprint density at radius 3 is 2.65 bits per heavy atom. The van der Waals surface area contributed by atoms with Crippen LogP contribution in [0.5, 0.6) is 0 Å². The Bertz CT molecular complexity index is 594. The highest BCUT2D eigenvalue weighted by Gasteiger charge is 2.19. The minimum Gasteiger partial charge on any atom is -0.350 e. The van der Waals surface area contributed by atoms with Crippen molar-refractivity contribution in [3.05, 3.63) is 52.5 Å². The van der Waals surface area contributed by atoms with E-state index in [0.29, 0.717) is 13.1 Å². The molecule has 1 aliphatic heterocycles. The minimum atomic E-state index is 0.108. The Kier molecular flexibility index (Phi) is 5.74. The molecule has 1 fully saturated rings. The number of hydrogen-bond acceptors (Lipinski definition) is 5. The second kappa shape index (κ2) is 8.19. The molecule has 0 bridgehead atoms. The first-order chi connectivity index (χ1) is 11.3. The highest BCUT2D eigenvalue weighted by atomic mass is 32.1. The van der Waals surface area contributed by atoms with Gasteiger partial charge in [-0.2, -0.15) is 0 Å². The van der Waals surface area contributed by atoms with Crippen molar-refractivity contribution >= 4 is 17.2 Å². The Balaban J connectivity index is 1.36. The standard InChI is InChI=1S/C17H22N4OS/c22-17(19-12-16-5-3-11-23-16)14-21-9-7-20(8-10-21)13-15-4-1-2-6-18-15/h1-6,11H,7-10,12-14H2,(H,19,22). The van der Waals surface area contributed by atoms with Gasteiger partial charge in [0.1, 0.15) is 0 Å². The van der Waals surface area contributed by atoms with Gasteiger partial charge in [-0.15, -0.1) is 11.3 Å². The van der Waals surface area contributed by atoms with Gasteiger partial charge in [-0.3, -0.25) is 19.6 Å². The highest BCUT2D eigenvalue weighted by molar-refractivity contribution is 7.09. The predicted octanol–water partition coefficient (Wildman–Crippen LogP) is 1.58. The summed E-state index contributed by atoms with van der Waals surface area (Å²) in [5, 5.41) is 5.02. The largest absolute Gasteiger partial charge is 0.350 e. The van der Waals surface area contributed by atoms with Gasteiger partial charge in [0.25, 0.3) is 0 Å². The third kappa shape index (κ3) is 5.13. The van der Waals surface area contributed by atoms with E-state index in [0.717, 1.165) is 38.4 Å². The molecule has 122 valence electrons. The quantitative estimate of drug-likeness (QED) is 0.874. The summed E-state index contributed by atoms with van der Waals surface area (Å²) in [5.41, 5.74) is 1.11. The third-order valence-corrected chi connectivity index (χ3v) is 4.86. The fourth-order valence-electron chi connectivity index (χ4n) is 2.68. The van der Waals surface area contributed by atoms with Crippen LogP contribution >= 0.6 is 11.3 Å². The molecule has 0 spiro atoms. The summed E-state index contributed by atoms with van der Waals surface area (Å²) >= 11 is 1.67. The summed E-state index contributed by atoms with van der Waals surface area (Å²) < 4.78 is 0. The summed E-state index contributed by atoms with van der Waals surface area (Å²) in [6, 6.07) is 10.1. The molecular weight excluding hydrogens is 308 g/mol. The Labute approximate surface area is 140 Å². The molecule has 1 aliphatic rings. The molecular formula is C17H22N4OS. The van der Waals surface area contributed by atoms with Crippen LogP contribution in [-0.2, 0) is 17.9 Å². The van der Waals surface area contributed by atoms with Crippen LogP contribution in [0.25, 0.3) is 0 Å². The van der Waals surface area contributed by atoms with Crippen molar-refractivity contribution in [1.29, 1.82) is 0 Å². The number of nitrogens with zero attached hydrogens (tertiary/aromatic N) is 3. The van der Waals surface area contributed by atoms with E-state index in [1.165, 1.54) is 4.88 Å². The van der Waals surface area contributed by atoms with Crippen molar-refractivity contribution in [2.45, 2.75) is 13.1 Å². The van der Waals surface area contributed by atoms with Crippen LogP contribution in [0.1, 0.15) is 10.6 Å². The van der Waals surface area contributed by atoms with Gasteiger partial charge in [0.2, 0.25) is 5.91 Å². The molecule has 1 saturated heterocycles. The van der Waals surface area contributed by atoms with E-state index in [1.807, 2.05) is 35.8 Å². The zero-order chi connectivity index (χ0) is 15.9. The number of hydrogen-bond donors (Lipinski definition) is 1. The second-order valence-electron chi connectivity index (χ2n) is 5.73. The van der Waals surface area contributed by atoms with Gasteiger partial charge in [-0.25, -0.2) is 0 Å². The zero-order valence-corrected chi connectivity index (χ0v) is 14.0. The van der Waals surface area contributed by atoms with Crippen molar-refractivity contribution < 1.29 is 4.79 Å². The van der Waals surface area contributed by atoms with E-state index in [9.17, 15) is 4.79 Å². The van der Waals surface area contributed by atoms with Crippen LogP contribution in [0, 0.1) is 0 Å². The number of pyridine rings is 1. The number of piperazine rings is 1. The molecule has 3 heterocycles. The molecule has 0 aromatic carbocycles. The molecule has 0 unspecified atom stereocenters. The van der Waals surface area contributed by atoms with E-state index in [2.05, 4.69) is 26.2 Å². The van der Waals surface area contributed by atoms with Crippen molar-refractivity contribution in [1.82, 2.24) is 20.1 Å². The van der Waals surface area contributed by atoms with Gasteiger partial charge in [0.15, 0.2) is 0 Å². The van der Waals surface area contributed by atoms with Gasteiger partial charge >= 0.3 is 0 Å². The topological polar surface area (TPSA) is 48.5 Å². The summed E-state index contributed by atoms with van der Waals surface area (Å²) in [7, 11) is 0. The lowest BCUT2D eigenvalue weighted by Crippen LogP contribution is -2.49. The number of thiophene rings is 1. The summed E-state index contributed by atoms with van der Waals surface area (Å²) in [5.74, 6) is 0.108. The molecule has 0 aliphatic carbocycles. The number of carbonyl (C=O) groups is 1. The Hall–Kier alpha value is -1.76. The monoisotopic (exact) mass is 330 g/mol. The number of aromatic nitrogens is 1. The molecule has 0 saturated carbocycles.